The largest absolute Gasteiger partial charge is 0.466 e. The van der Waals surface area contributed by atoms with Gasteiger partial charge in [-0.1, -0.05) is 0 Å². The summed E-state index contributed by atoms with van der Waals surface area (Å²) in [4.78, 5) is 0. The number of alkyl halides is 3. The van der Waals surface area contributed by atoms with Crippen molar-refractivity contribution in [1.82, 2.24) is 0 Å². The van der Waals surface area contributed by atoms with Gasteiger partial charge in [0, 0.05) is 24.6 Å². The molecule has 0 aromatic heterocycles. The van der Waals surface area contributed by atoms with E-state index in [1.165, 1.54) is 19.6 Å². The average Bonchev–Trinajstić information content (AvgIpc) is 2.17. The number of ether oxygens (including phenoxy) is 1. The second-order valence-electron chi connectivity index (χ2n) is 2.71. The molecule has 0 amide bonds. The van der Waals surface area contributed by atoms with Crippen molar-refractivity contribution in [3.63, 3.8) is 0 Å². The summed E-state index contributed by atoms with van der Waals surface area (Å²) in [6.45, 7) is 0. The molecule has 0 atom stereocenters. The van der Waals surface area contributed by atoms with Gasteiger partial charge < -0.3 is 9.84 Å². The number of aliphatic hydroxyl groups is 1. The fourth-order valence-corrected chi connectivity index (χ4v) is 0.917. The minimum Gasteiger partial charge on any atom is -0.466 e. The second kappa shape index (κ2) is 4.19. The lowest BCUT2D eigenvalue weighted by Crippen LogP contribution is -2.11. The first-order chi connectivity index (χ1) is 6.93. The van der Waals surface area contributed by atoms with Gasteiger partial charge >= 0.3 is 12.1 Å². The highest BCUT2D eigenvalue weighted by atomic mass is 19.4. The molecule has 0 aliphatic heterocycles. The maximum Gasteiger partial charge on any atom is 0.453 e. The van der Waals surface area contributed by atoms with E-state index in [2.05, 4.69) is 10.5 Å². The summed E-state index contributed by atoms with van der Waals surface area (Å²) >= 11 is 0. The molecular formula is C10H8F3O2+. The predicted octanol–water partition coefficient (Wildman–Crippen LogP) is 2.82. The van der Waals surface area contributed by atoms with Crippen LogP contribution in [0.5, 0.6) is 0 Å². The van der Waals surface area contributed by atoms with Gasteiger partial charge in [-0.15, -0.1) is 0 Å². The molecular weight excluding hydrogens is 209 g/mol. The Balaban J connectivity index is 2.86. The van der Waals surface area contributed by atoms with Gasteiger partial charge in [0.25, 0.3) is 0 Å². The van der Waals surface area contributed by atoms with Crippen molar-refractivity contribution in [2.24, 2.45) is 0 Å². The first-order valence-electron chi connectivity index (χ1n) is 3.97. The summed E-state index contributed by atoms with van der Waals surface area (Å²) in [5.41, 5.74) is 1.92. The van der Waals surface area contributed by atoms with Crippen molar-refractivity contribution < 1.29 is 23.0 Å². The average molecular weight is 217 g/mol. The fourth-order valence-electron chi connectivity index (χ4n) is 0.917. The molecule has 0 bridgehead atoms. The SMILES string of the molecule is COC(O)=C=C1C=CC(C(F)(F)F)=C[CH+]1. The maximum atomic E-state index is 12.1. The molecule has 1 aliphatic rings. The minimum atomic E-state index is -4.36. The summed E-state index contributed by atoms with van der Waals surface area (Å²) < 4.78 is 40.8. The molecule has 0 aromatic rings. The van der Waals surface area contributed by atoms with Crippen LogP contribution in [0.2, 0.25) is 0 Å². The molecule has 0 saturated heterocycles. The molecule has 1 rings (SSSR count). The molecule has 1 N–H and O–H groups in total. The van der Waals surface area contributed by atoms with Gasteiger partial charge in [-0.25, -0.2) is 0 Å². The van der Waals surface area contributed by atoms with Crippen LogP contribution in [-0.2, 0) is 4.74 Å². The van der Waals surface area contributed by atoms with E-state index in [9.17, 15) is 13.2 Å². The van der Waals surface area contributed by atoms with Crippen LogP contribution in [0.15, 0.2) is 41.1 Å². The number of halogens is 3. The Kier molecular flexibility index (Phi) is 3.17. The number of hydrogen-bond acceptors (Lipinski definition) is 2. The predicted molar refractivity (Wildman–Crippen MR) is 47.8 cm³/mol. The lowest BCUT2D eigenvalue weighted by molar-refractivity contribution is -0.0883. The molecule has 15 heavy (non-hydrogen) atoms. The van der Waals surface area contributed by atoms with E-state index in [0.29, 0.717) is 5.57 Å². The van der Waals surface area contributed by atoms with Crippen molar-refractivity contribution in [3.8, 4) is 0 Å². The second-order valence-corrected chi connectivity index (χ2v) is 2.71. The molecule has 0 fully saturated rings. The highest BCUT2D eigenvalue weighted by molar-refractivity contribution is 5.44. The van der Waals surface area contributed by atoms with E-state index >= 15 is 0 Å². The first-order valence-corrected chi connectivity index (χ1v) is 3.97. The normalized spacial score (nSPS) is 15.2. The lowest BCUT2D eigenvalue weighted by atomic mass is 10.0. The third-order valence-corrected chi connectivity index (χ3v) is 1.66. The van der Waals surface area contributed by atoms with Crippen LogP contribution in [0.25, 0.3) is 0 Å². The monoisotopic (exact) mass is 217 g/mol. The zero-order valence-electron chi connectivity index (χ0n) is 7.80. The van der Waals surface area contributed by atoms with Crippen LogP contribution in [-0.4, -0.2) is 18.4 Å². The Hall–Kier alpha value is -1.74. The number of allylic oxidation sites excluding steroid dienone is 5. The van der Waals surface area contributed by atoms with E-state index in [-0.39, 0.29) is 0 Å². The summed E-state index contributed by atoms with van der Waals surface area (Å²) in [6.07, 6.45) is -0.155. The maximum absolute atomic E-state index is 12.1. The van der Waals surface area contributed by atoms with Gasteiger partial charge in [-0.2, -0.15) is 13.2 Å². The first kappa shape index (κ1) is 11.3. The summed E-state index contributed by atoms with van der Waals surface area (Å²) in [6, 6.07) is 0. The van der Waals surface area contributed by atoms with E-state index in [0.717, 1.165) is 12.2 Å². The van der Waals surface area contributed by atoms with E-state index < -0.39 is 17.7 Å². The zero-order valence-corrected chi connectivity index (χ0v) is 7.80. The lowest BCUT2D eigenvalue weighted by Gasteiger charge is -2.04. The van der Waals surface area contributed by atoms with Gasteiger partial charge in [-0.05, 0) is 0 Å². The standard InChI is InChI=1S/C10H7F3O2/c1-15-9(14)6-7-2-4-8(5-3-7)10(11,12)13/h2-5H,1H3/p+1. The van der Waals surface area contributed by atoms with Crippen LogP contribution in [0.3, 0.4) is 0 Å². The van der Waals surface area contributed by atoms with Crippen LogP contribution in [0.4, 0.5) is 13.2 Å². The van der Waals surface area contributed by atoms with Gasteiger partial charge in [-0.3, -0.25) is 0 Å². The van der Waals surface area contributed by atoms with Crippen LogP contribution >= 0.6 is 0 Å². The quantitative estimate of drug-likeness (QED) is 0.415. The summed E-state index contributed by atoms with van der Waals surface area (Å²) in [5, 5.41) is 8.90. The zero-order chi connectivity index (χ0) is 11.5. The van der Waals surface area contributed by atoms with E-state index in [1.807, 2.05) is 0 Å². The smallest absolute Gasteiger partial charge is 0.453 e. The number of aliphatic hydroxyl groups excluding tert-OH is 1. The molecule has 1 aliphatic carbocycles. The van der Waals surface area contributed by atoms with E-state index in [1.54, 1.807) is 0 Å². The molecule has 5 heteroatoms. The highest BCUT2D eigenvalue weighted by Crippen LogP contribution is 2.29. The van der Waals surface area contributed by atoms with Crippen LogP contribution in [0.1, 0.15) is 0 Å². The molecule has 2 nitrogen and oxygen atoms in total. The van der Waals surface area contributed by atoms with E-state index in [4.69, 9.17) is 5.11 Å². The summed E-state index contributed by atoms with van der Waals surface area (Å²) in [7, 11) is 1.23. The Labute approximate surface area is 84.7 Å². The third kappa shape index (κ3) is 3.14. The van der Waals surface area contributed by atoms with Crippen molar-refractivity contribution in [2.45, 2.75) is 6.18 Å². The van der Waals surface area contributed by atoms with Crippen LogP contribution < -0.4 is 0 Å². The minimum absolute atomic E-state index is 0.308. The molecule has 0 heterocycles. The van der Waals surface area contributed by atoms with Crippen LogP contribution in [0, 0.1) is 6.42 Å². The van der Waals surface area contributed by atoms with Crippen molar-refractivity contribution >= 4 is 0 Å². The van der Waals surface area contributed by atoms with Crippen molar-refractivity contribution in [2.75, 3.05) is 7.11 Å². The molecule has 0 aromatic carbocycles. The fraction of sp³-hybridized carbons (Fsp3) is 0.200. The van der Waals surface area contributed by atoms with Gasteiger partial charge in [0.1, 0.15) is 5.57 Å². The molecule has 0 spiro atoms. The molecule has 80 valence electrons. The van der Waals surface area contributed by atoms with Gasteiger partial charge in [0.05, 0.1) is 12.8 Å². The van der Waals surface area contributed by atoms with Gasteiger partial charge in [0.2, 0.25) is 0 Å². The topological polar surface area (TPSA) is 29.5 Å². The molecule has 0 radical (unpaired) electrons. The van der Waals surface area contributed by atoms with Crippen molar-refractivity contribution in [1.29, 1.82) is 0 Å². The van der Waals surface area contributed by atoms with Gasteiger partial charge in [0.15, 0.2) is 5.57 Å². The number of rotatable bonds is 1. The number of methoxy groups -OCH3 is 1. The summed E-state index contributed by atoms with van der Waals surface area (Å²) in [5.74, 6) is -0.477. The Morgan fingerprint density at radius 3 is 2.53 bits per heavy atom. The Morgan fingerprint density at radius 1 is 1.47 bits per heavy atom. The van der Waals surface area contributed by atoms with Crippen molar-refractivity contribution in [3.05, 3.63) is 47.5 Å². The third-order valence-electron chi connectivity index (χ3n) is 1.66. The molecule has 0 unspecified atom stereocenters. The Bertz CT molecular complexity index is 369. The number of hydrogen-bond donors (Lipinski definition) is 1. The highest BCUT2D eigenvalue weighted by Gasteiger charge is 2.37. The molecule has 0 saturated carbocycles. The Morgan fingerprint density at radius 2 is 2.13 bits per heavy atom.